The second kappa shape index (κ2) is 8.86. The topological polar surface area (TPSA) is 82.7 Å². The Morgan fingerprint density at radius 3 is 2.42 bits per heavy atom. The Balaban J connectivity index is 1.68. The molecule has 168 valence electrons. The molecule has 0 aliphatic rings. The maximum absolute atomic E-state index is 14.6. The third kappa shape index (κ3) is 5.09. The molecule has 7 heteroatoms. The maximum atomic E-state index is 14.6. The highest BCUT2D eigenvalue weighted by Crippen LogP contribution is 2.34. The maximum Gasteiger partial charge on any atom is 0.323 e. The Morgan fingerprint density at radius 1 is 0.970 bits per heavy atom. The Hall–Kier alpha value is -4.00. The van der Waals surface area contributed by atoms with Crippen LogP contribution in [0.15, 0.2) is 67.0 Å². The molecule has 0 aliphatic heterocycles. The number of benzene rings is 2. The van der Waals surface area contributed by atoms with Crippen molar-refractivity contribution in [3.8, 4) is 22.5 Å². The van der Waals surface area contributed by atoms with Crippen molar-refractivity contribution >= 4 is 17.4 Å². The number of hydrogen-bond acceptors (Lipinski definition) is 3. The highest BCUT2D eigenvalue weighted by molar-refractivity contribution is 6.00. The van der Waals surface area contributed by atoms with Crippen LogP contribution in [0.5, 0.6) is 0 Å². The summed E-state index contributed by atoms with van der Waals surface area (Å²) in [6.45, 7) is 8.14. The van der Waals surface area contributed by atoms with Gasteiger partial charge in [-0.25, -0.2) is 14.2 Å². The van der Waals surface area contributed by atoms with Gasteiger partial charge in [-0.3, -0.25) is 4.98 Å². The third-order valence-electron chi connectivity index (χ3n) is 5.15. The van der Waals surface area contributed by atoms with Gasteiger partial charge in [-0.2, -0.15) is 0 Å². The number of aryl methyl sites for hydroxylation is 1. The monoisotopic (exact) mass is 443 g/mol. The molecule has 4 rings (SSSR count). The lowest BCUT2D eigenvalue weighted by Gasteiger charge is -2.14. The van der Waals surface area contributed by atoms with Crippen molar-refractivity contribution in [2.75, 3.05) is 10.6 Å². The molecule has 0 saturated carbocycles. The molecule has 0 radical (unpaired) electrons. The van der Waals surface area contributed by atoms with Crippen molar-refractivity contribution in [3.63, 3.8) is 0 Å². The van der Waals surface area contributed by atoms with Crippen molar-refractivity contribution in [1.82, 2.24) is 15.0 Å². The van der Waals surface area contributed by atoms with Crippen LogP contribution in [0.2, 0.25) is 0 Å². The predicted molar refractivity (Wildman–Crippen MR) is 130 cm³/mol. The molecule has 2 aromatic carbocycles. The Labute approximate surface area is 192 Å². The SMILES string of the molecule is Cc1cccc(NC(=O)Nc2cc(-c3nc(C(C)(C)C)[nH]c3-c3ccncc3)ccc2F)c1. The lowest BCUT2D eigenvalue weighted by Crippen LogP contribution is -2.20. The number of urea groups is 1. The number of H-pyrrole nitrogens is 1. The van der Waals surface area contributed by atoms with E-state index in [0.717, 1.165) is 22.6 Å². The highest BCUT2D eigenvalue weighted by atomic mass is 19.1. The number of rotatable bonds is 4. The third-order valence-corrected chi connectivity index (χ3v) is 5.15. The molecule has 0 unspecified atom stereocenters. The predicted octanol–water partition coefficient (Wildman–Crippen LogP) is 6.53. The van der Waals surface area contributed by atoms with Crippen molar-refractivity contribution in [2.24, 2.45) is 0 Å². The summed E-state index contributed by atoms with van der Waals surface area (Å²) < 4.78 is 14.6. The quantitative estimate of drug-likeness (QED) is 0.335. The summed E-state index contributed by atoms with van der Waals surface area (Å²) in [5.74, 6) is 0.274. The largest absolute Gasteiger partial charge is 0.341 e. The molecule has 0 aliphatic carbocycles. The molecule has 3 N–H and O–H groups in total. The van der Waals surface area contributed by atoms with E-state index in [0.29, 0.717) is 16.9 Å². The normalized spacial score (nSPS) is 11.3. The van der Waals surface area contributed by atoms with Crippen LogP contribution in [0.25, 0.3) is 22.5 Å². The number of anilines is 2. The van der Waals surface area contributed by atoms with E-state index in [1.165, 1.54) is 6.07 Å². The molecule has 0 saturated heterocycles. The summed E-state index contributed by atoms with van der Waals surface area (Å²) in [5, 5.41) is 5.35. The van der Waals surface area contributed by atoms with Crippen LogP contribution in [0.1, 0.15) is 32.2 Å². The van der Waals surface area contributed by atoms with Crippen molar-refractivity contribution in [1.29, 1.82) is 0 Å². The van der Waals surface area contributed by atoms with Crippen molar-refractivity contribution in [3.05, 3.63) is 84.2 Å². The molecule has 4 aromatic rings. The molecular formula is C26H26FN5O. The van der Waals surface area contributed by atoms with E-state index >= 15 is 0 Å². The molecule has 0 bridgehead atoms. The molecule has 2 aromatic heterocycles. The van der Waals surface area contributed by atoms with Gasteiger partial charge in [-0.1, -0.05) is 32.9 Å². The van der Waals surface area contributed by atoms with E-state index in [1.807, 2.05) is 37.3 Å². The Kier molecular flexibility index (Phi) is 5.96. The molecule has 33 heavy (non-hydrogen) atoms. The molecule has 0 fully saturated rings. The average molecular weight is 444 g/mol. The Bertz CT molecular complexity index is 1290. The van der Waals surface area contributed by atoms with Crippen molar-refractivity contribution in [2.45, 2.75) is 33.1 Å². The Morgan fingerprint density at radius 2 is 1.73 bits per heavy atom. The van der Waals surface area contributed by atoms with Gasteiger partial charge < -0.3 is 15.6 Å². The summed E-state index contributed by atoms with van der Waals surface area (Å²) in [5.41, 5.74) is 4.58. The summed E-state index contributed by atoms with van der Waals surface area (Å²) in [6, 6.07) is 15.2. The first kappa shape index (κ1) is 22.2. The van der Waals surface area contributed by atoms with Crippen LogP contribution in [-0.4, -0.2) is 21.0 Å². The number of nitrogens with one attached hydrogen (secondary N) is 3. The zero-order chi connectivity index (χ0) is 23.6. The lowest BCUT2D eigenvalue weighted by molar-refractivity contribution is 0.262. The van der Waals surface area contributed by atoms with Gasteiger partial charge in [-0.15, -0.1) is 0 Å². The highest BCUT2D eigenvalue weighted by Gasteiger charge is 2.23. The molecule has 6 nitrogen and oxygen atoms in total. The number of nitrogens with zero attached hydrogens (tertiary/aromatic N) is 2. The second-order valence-electron chi connectivity index (χ2n) is 8.94. The van der Waals surface area contributed by atoms with Gasteiger partial charge in [0.2, 0.25) is 0 Å². The van der Waals surface area contributed by atoms with E-state index in [1.54, 1.807) is 30.6 Å². The van der Waals surface area contributed by atoms with Crippen LogP contribution in [-0.2, 0) is 5.41 Å². The number of carbonyl (C=O) groups is 1. The standard InChI is InChI=1S/C26H26FN5O/c1-16-6-5-7-19(14-16)29-25(33)30-21-15-18(8-9-20(21)27)23-22(17-10-12-28-13-11-17)31-24(32-23)26(2,3)4/h5-15H,1-4H3,(H,31,32)(H2,29,30,33). The van der Waals surface area contributed by atoms with Crippen molar-refractivity contribution < 1.29 is 9.18 Å². The van der Waals surface area contributed by atoms with E-state index in [4.69, 9.17) is 4.98 Å². The summed E-state index contributed by atoms with van der Waals surface area (Å²) >= 11 is 0. The minimum atomic E-state index is -0.532. The average Bonchev–Trinajstić information content (AvgIpc) is 3.22. The minimum absolute atomic E-state index is 0.0682. The van der Waals surface area contributed by atoms with Crippen LogP contribution in [0.3, 0.4) is 0 Å². The fraction of sp³-hybridized carbons (Fsp3) is 0.192. The first-order valence-corrected chi connectivity index (χ1v) is 10.7. The van der Waals surface area contributed by atoms with Gasteiger partial charge in [0, 0.05) is 34.6 Å². The number of aromatic nitrogens is 3. The van der Waals surface area contributed by atoms with Gasteiger partial charge in [0.25, 0.3) is 0 Å². The van der Waals surface area contributed by atoms with Crippen LogP contribution >= 0.6 is 0 Å². The number of amides is 2. The van der Waals surface area contributed by atoms with Gasteiger partial charge in [0.05, 0.1) is 17.1 Å². The molecular weight excluding hydrogens is 417 g/mol. The minimum Gasteiger partial charge on any atom is -0.341 e. The molecule has 0 atom stereocenters. The number of imidazole rings is 1. The van der Waals surface area contributed by atoms with Crippen LogP contribution in [0.4, 0.5) is 20.6 Å². The van der Waals surface area contributed by atoms with E-state index in [9.17, 15) is 9.18 Å². The molecule has 2 amide bonds. The fourth-order valence-electron chi connectivity index (χ4n) is 3.44. The van der Waals surface area contributed by atoms with Gasteiger partial charge >= 0.3 is 6.03 Å². The van der Waals surface area contributed by atoms with Gasteiger partial charge in [0.1, 0.15) is 11.6 Å². The fourth-order valence-corrected chi connectivity index (χ4v) is 3.44. The smallest absolute Gasteiger partial charge is 0.323 e. The second-order valence-corrected chi connectivity index (χ2v) is 8.94. The number of pyridine rings is 1. The number of aromatic amines is 1. The number of carbonyl (C=O) groups excluding carboxylic acids is 1. The molecule has 2 heterocycles. The first-order valence-electron chi connectivity index (χ1n) is 10.7. The summed E-state index contributed by atoms with van der Waals surface area (Å²) in [4.78, 5) is 24.8. The number of hydrogen-bond donors (Lipinski definition) is 3. The summed E-state index contributed by atoms with van der Waals surface area (Å²) in [6.07, 6.45) is 3.42. The van der Waals surface area contributed by atoms with Gasteiger partial charge in [-0.05, 0) is 55.0 Å². The van der Waals surface area contributed by atoms with E-state index in [-0.39, 0.29) is 11.1 Å². The lowest BCUT2D eigenvalue weighted by atomic mass is 9.96. The zero-order valence-corrected chi connectivity index (χ0v) is 19.0. The van der Waals surface area contributed by atoms with E-state index < -0.39 is 11.8 Å². The first-order chi connectivity index (χ1) is 15.7. The number of halogens is 1. The van der Waals surface area contributed by atoms with Crippen LogP contribution < -0.4 is 10.6 Å². The van der Waals surface area contributed by atoms with Crippen LogP contribution in [0, 0.1) is 12.7 Å². The van der Waals surface area contributed by atoms with E-state index in [2.05, 4.69) is 41.4 Å². The van der Waals surface area contributed by atoms with Gasteiger partial charge in [0.15, 0.2) is 0 Å². The summed E-state index contributed by atoms with van der Waals surface area (Å²) in [7, 11) is 0. The molecule has 0 spiro atoms. The zero-order valence-electron chi connectivity index (χ0n) is 19.0.